The van der Waals surface area contributed by atoms with E-state index in [0.29, 0.717) is 0 Å². The number of aromatic nitrogens is 1. The highest BCUT2D eigenvalue weighted by atomic mass is 15.2. The van der Waals surface area contributed by atoms with Crippen LogP contribution in [0, 0.1) is 0 Å². The van der Waals surface area contributed by atoms with Crippen LogP contribution in [0.3, 0.4) is 0 Å². The van der Waals surface area contributed by atoms with Gasteiger partial charge in [0.2, 0.25) is 0 Å². The van der Waals surface area contributed by atoms with Crippen molar-refractivity contribution in [2.24, 2.45) is 0 Å². The molecule has 0 saturated heterocycles. The number of rotatable bonds is 7. The van der Waals surface area contributed by atoms with E-state index in [9.17, 15) is 0 Å². The highest BCUT2D eigenvalue weighted by Gasteiger charge is 2.53. The second kappa shape index (κ2) is 15.1. The molecule has 1 unspecified atom stereocenters. The lowest BCUT2D eigenvalue weighted by atomic mass is 9.70. The van der Waals surface area contributed by atoms with Crippen molar-refractivity contribution < 1.29 is 0 Å². The first kappa shape index (κ1) is 38.4. The Hall–Kier alpha value is -8.92. The van der Waals surface area contributed by atoms with E-state index in [0.717, 1.165) is 45.3 Å². The number of anilines is 6. The van der Waals surface area contributed by atoms with E-state index in [1.165, 1.54) is 71.6 Å². The van der Waals surface area contributed by atoms with E-state index in [-0.39, 0.29) is 0 Å². The normalized spacial score (nSPS) is 14.2. The number of fused-ring (bicyclic) bond motifs is 15. The molecule has 2 aliphatic rings. The molecule has 0 N–H and O–H groups in total. The van der Waals surface area contributed by atoms with Crippen LogP contribution in [0.15, 0.2) is 261 Å². The van der Waals surface area contributed by atoms with Crippen molar-refractivity contribution in [3.8, 4) is 27.9 Å². The summed E-state index contributed by atoms with van der Waals surface area (Å²) in [4.78, 5) is 4.97. The van der Waals surface area contributed by atoms with Gasteiger partial charge in [0.15, 0.2) is 0 Å². The van der Waals surface area contributed by atoms with Crippen molar-refractivity contribution in [2.75, 3.05) is 9.80 Å². The van der Waals surface area contributed by atoms with E-state index in [4.69, 9.17) is 0 Å². The Morgan fingerprint density at radius 1 is 0.294 bits per heavy atom. The van der Waals surface area contributed by atoms with Gasteiger partial charge in [-0.25, -0.2) is 0 Å². The number of para-hydroxylation sites is 6. The maximum absolute atomic E-state index is 2.53. The number of benzene rings is 11. The number of hydrogen-bond acceptors (Lipinski definition) is 2. The van der Waals surface area contributed by atoms with Gasteiger partial charge in [-0.1, -0.05) is 188 Å². The predicted molar refractivity (Wildman–Crippen MR) is 284 cm³/mol. The quantitative estimate of drug-likeness (QED) is 0.158. The molecule has 14 rings (SSSR count). The molecule has 68 heavy (non-hydrogen) atoms. The fourth-order valence-electron chi connectivity index (χ4n) is 12.0. The molecule has 0 amide bonds. The Bertz CT molecular complexity index is 3870. The zero-order valence-corrected chi connectivity index (χ0v) is 37.2. The van der Waals surface area contributed by atoms with Gasteiger partial charge < -0.3 is 14.4 Å². The highest BCUT2D eigenvalue weighted by molar-refractivity contribution is 6.16. The summed E-state index contributed by atoms with van der Waals surface area (Å²) in [7, 11) is 0. The standard InChI is InChI=1S/C65H43N3/c1-5-23-44(24-6-1)66(45-25-7-2-8-26-45)61-43-57-62(50-33-14-13-31-48(50)61)52-34-15-18-37-54(52)65(57)55-38-19-16-35-53(55)63-56(65)39-22-41-59(63)67(46-27-9-3-10-28-46)60-42-21-36-51-49-32-17-20-40-58(49)68(64(51)60)47-29-11-4-12-30-47/h1-43H. The fourth-order valence-corrected chi connectivity index (χ4v) is 12.0. The van der Waals surface area contributed by atoms with Gasteiger partial charge in [-0.15, -0.1) is 0 Å². The van der Waals surface area contributed by atoms with Crippen LogP contribution in [0.4, 0.5) is 34.1 Å². The van der Waals surface area contributed by atoms with Crippen LogP contribution in [0.2, 0.25) is 0 Å². The summed E-state index contributed by atoms with van der Waals surface area (Å²) in [5.74, 6) is 0. The minimum atomic E-state index is -0.626. The molecule has 0 bridgehead atoms. The zero-order chi connectivity index (χ0) is 44.8. The zero-order valence-electron chi connectivity index (χ0n) is 37.2. The van der Waals surface area contributed by atoms with Crippen LogP contribution in [0.5, 0.6) is 0 Å². The molecule has 0 fully saturated rings. The van der Waals surface area contributed by atoms with Gasteiger partial charge in [0.05, 0.1) is 33.5 Å². The van der Waals surface area contributed by atoms with Crippen LogP contribution in [-0.4, -0.2) is 4.57 Å². The SMILES string of the molecule is c1ccc(N(c2ccccc2)c2cc3c(c4ccccc24)-c2ccccc2C32c3ccccc3-c3c(N(c4ccccc4)c4cccc5c6ccccc6n(-c6ccccc6)c45)cccc32)cc1. The summed E-state index contributed by atoms with van der Waals surface area (Å²) in [6, 6.07) is 96.1. The molecular formula is C65H43N3. The summed E-state index contributed by atoms with van der Waals surface area (Å²) in [5.41, 5.74) is 19.8. The second-order valence-corrected chi connectivity index (χ2v) is 17.9. The van der Waals surface area contributed by atoms with E-state index in [1.54, 1.807) is 0 Å². The smallest absolute Gasteiger partial charge is 0.0782 e. The van der Waals surface area contributed by atoms with Crippen molar-refractivity contribution in [3.63, 3.8) is 0 Å². The topological polar surface area (TPSA) is 11.4 Å². The molecule has 318 valence electrons. The van der Waals surface area contributed by atoms with Crippen molar-refractivity contribution >= 4 is 66.7 Å². The number of nitrogens with zero attached hydrogens (tertiary/aromatic N) is 3. The highest BCUT2D eigenvalue weighted by Crippen LogP contribution is 2.66. The van der Waals surface area contributed by atoms with Gasteiger partial charge in [-0.3, -0.25) is 0 Å². The van der Waals surface area contributed by atoms with Crippen molar-refractivity contribution in [1.29, 1.82) is 0 Å². The van der Waals surface area contributed by atoms with Crippen LogP contribution >= 0.6 is 0 Å². The second-order valence-electron chi connectivity index (χ2n) is 17.9. The van der Waals surface area contributed by atoms with Crippen molar-refractivity contribution in [2.45, 2.75) is 5.41 Å². The number of hydrogen-bond donors (Lipinski definition) is 0. The fraction of sp³-hybridized carbons (Fsp3) is 0.0154. The molecule has 1 heterocycles. The van der Waals surface area contributed by atoms with Crippen LogP contribution < -0.4 is 9.80 Å². The summed E-state index contributed by atoms with van der Waals surface area (Å²) >= 11 is 0. The first-order chi connectivity index (χ1) is 33.8. The maximum atomic E-state index is 2.53. The summed E-state index contributed by atoms with van der Waals surface area (Å²) in [5, 5.41) is 4.90. The predicted octanol–water partition coefficient (Wildman–Crippen LogP) is 17.2. The summed E-state index contributed by atoms with van der Waals surface area (Å²) < 4.78 is 2.45. The molecule has 1 aromatic heterocycles. The van der Waals surface area contributed by atoms with Crippen LogP contribution in [-0.2, 0) is 5.41 Å². The Labute approximate surface area is 395 Å². The van der Waals surface area contributed by atoms with Gasteiger partial charge in [0, 0.05) is 44.5 Å². The van der Waals surface area contributed by atoms with Crippen molar-refractivity contribution in [3.05, 3.63) is 283 Å². The summed E-state index contributed by atoms with van der Waals surface area (Å²) in [6.07, 6.45) is 0. The molecular weight excluding hydrogens is 823 g/mol. The molecule has 1 atom stereocenters. The summed E-state index contributed by atoms with van der Waals surface area (Å²) in [6.45, 7) is 0. The molecule has 11 aromatic carbocycles. The lowest BCUT2D eigenvalue weighted by Gasteiger charge is -2.33. The largest absolute Gasteiger partial charge is 0.310 e. The third-order valence-electron chi connectivity index (χ3n) is 14.5. The molecule has 0 radical (unpaired) electrons. The van der Waals surface area contributed by atoms with E-state index >= 15 is 0 Å². The van der Waals surface area contributed by atoms with Crippen LogP contribution in [0.25, 0.3) is 60.5 Å². The van der Waals surface area contributed by atoms with Gasteiger partial charge in [-0.05, 0) is 117 Å². The molecule has 0 aliphatic heterocycles. The monoisotopic (exact) mass is 865 g/mol. The Kier molecular flexibility index (Phi) is 8.50. The average Bonchev–Trinajstić information content (AvgIpc) is 4.03. The lowest BCUT2D eigenvalue weighted by Crippen LogP contribution is -2.26. The third kappa shape index (κ3) is 5.36. The van der Waals surface area contributed by atoms with Gasteiger partial charge in [0.1, 0.15) is 0 Å². The molecule has 12 aromatic rings. The van der Waals surface area contributed by atoms with E-state index in [1.807, 2.05) is 0 Å². The first-order valence-electron chi connectivity index (χ1n) is 23.5. The minimum absolute atomic E-state index is 0.626. The molecule has 0 saturated carbocycles. The Morgan fingerprint density at radius 2 is 0.765 bits per heavy atom. The van der Waals surface area contributed by atoms with E-state index < -0.39 is 5.41 Å². The Balaban J connectivity index is 1.10. The minimum Gasteiger partial charge on any atom is -0.310 e. The average molecular weight is 866 g/mol. The van der Waals surface area contributed by atoms with Crippen LogP contribution in [0.1, 0.15) is 22.3 Å². The Morgan fingerprint density at radius 3 is 1.43 bits per heavy atom. The van der Waals surface area contributed by atoms with Gasteiger partial charge in [0.25, 0.3) is 0 Å². The molecule has 1 spiro atoms. The maximum Gasteiger partial charge on any atom is 0.0782 e. The van der Waals surface area contributed by atoms with Crippen molar-refractivity contribution in [1.82, 2.24) is 4.57 Å². The van der Waals surface area contributed by atoms with Gasteiger partial charge in [-0.2, -0.15) is 0 Å². The van der Waals surface area contributed by atoms with Gasteiger partial charge >= 0.3 is 0 Å². The lowest BCUT2D eigenvalue weighted by molar-refractivity contribution is 0.794. The first-order valence-corrected chi connectivity index (χ1v) is 23.5. The molecule has 3 nitrogen and oxygen atoms in total. The third-order valence-corrected chi connectivity index (χ3v) is 14.5. The van der Waals surface area contributed by atoms with E-state index in [2.05, 4.69) is 275 Å². The molecule has 2 aliphatic carbocycles. The molecule has 3 heteroatoms.